The smallest absolute Gasteiger partial charge is 0.158 e. The summed E-state index contributed by atoms with van der Waals surface area (Å²) in [6.07, 6.45) is 0. The number of nitrogens with zero attached hydrogens (tertiary/aromatic N) is 1. The summed E-state index contributed by atoms with van der Waals surface area (Å²) in [4.78, 5) is 2.25. The second-order valence-electron chi connectivity index (χ2n) is 8.93. The van der Waals surface area contributed by atoms with Gasteiger partial charge in [0.25, 0.3) is 0 Å². The zero-order chi connectivity index (χ0) is 24.5. The number of benzene rings is 5. The predicted octanol–water partition coefficient (Wildman–Crippen LogP) is 8.31. The van der Waals surface area contributed by atoms with Gasteiger partial charge in [-0.1, -0.05) is 59.7 Å². The highest BCUT2D eigenvalue weighted by Gasteiger charge is 2.30. The number of aryl methyl sites for hydroxylation is 2. The molecule has 6 rings (SSSR count). The first-order chi connectivity index (χ1) is 17.7. The first kappa shape index (κ1) is 22.4. The summed E-state index contributed by atoms with van der Waals surface area (Å²) in [5.41, 5.74) is 5.69. The van der Waals surface area contributed by atoms with Gasteiger partial charge in [0.1, 0.15) is 17.2 Å². The number of hydrogen-bond donors (Lipinski definition) is 0. The number of anilines is 3. The zero-order valence-electron chi connectivity index (χ0n) is 20.3. The molecule has 0 fully saturated rings. The van der Waals surface area contributed by atoms with Gasteiger partial charge in [0, 0.05) is 17.1 Å². The van der Waals surface area contributed by atoms with Crippen molar-refractivity contribution in [1.29, 1.82) is 0 Å². The van der Waals surface area contributed by atoms with E-state index in [-0.39, 0.29) is 0 Å². The van der Waals surface area contributed by atoms with Crippen molar-refractivity contribution in [2.24, 2.45) is 0 Å². The highest BCUT2D eigenvalue weighted by atomic mass is 31.1. The third-order valence-corrected chi connectivity index (χ3v) is 8.17. The Bertz CT molecular complexity index is 1410. The van der Waals surface area contributed by atoms with Crippen LogP contribution in [0.15, 0.2) is 121 Å². The molecule has 4 heteroatoms. The van der Waals surface area contributed by atoms with E-state index in [9.17, 15) is 0 Å². The second-order valence-corrected chi connectivity index (χ2v) is 10.7. The Kier molecular flexibility index (Phi) is 5.93. The molecule has 0 aromatic heterocycles. The Morgan fingerprint density at radius 1 is 0.556 bits per heavy atom. The predicted molar refractivity (Wildman–Crippen MR) is 150 cm³/mol. The highest BCUT2D eigenvalue weighted by Crippen LogP contribution is 2.47. The van der Waals surface area contributed by atoms with Gasteiger partial charge in [-0.3, -0.25) is 0 Å². The molecule has 176 valence electrons. The van der Waals surface area contributed by atoms with Crippen molar-refractivity contribution in [2.45, 2.75) is 13.8 Å². The molecule has 0 saturated heterocycles. The Morgan fingerprint density at radius 3 is 1.53 bits per heavy atom. The van der Waals surface area contributed by atoms with Crippen molar-refractivity contribution < 1.29 is 9.26 Å². The fourth-order valence-electron chi connectivity index (χ4n) is 4.45. The Hall–Kier alpha value is -4.07. The van der Waals surface area contributed by atoms with Crippen LogP contribution in [0.3, 0.4) is 0 Å². The third-order valence-electron chi connectivity index (χ3n) is 6.21. The van der Waals surface area contributed by atoms with E-state index < -0.39 is 8.15 Å². The monoisotopic (exact) mass is 487 g/mol. The number of ether oxygens (including phenoxy) is 1. The van der Waals surface area contributed by atoms with E-state index in [2.05, 4.69) is 116 Å². The lowest BCUT2D eigenvalue weighted by atomic mass is 10.2. The fourth-order valence-corrected chi connectivity index (χ4v) is 6.53. The van der Waals surface area contributed by atoms with Crippen molar-refractivity contribution in [3.63, 3.8) is 0 Å². The lowest BCUT2D eigenvalue weighted by Gasteiger charge is -2.29. The molecule has 36 heavy (non-hydrogen) atoms. The van der Waals surface area contributed by atoms with Crippen molar-refractivity contribution in [2.75, 3.05) is 4.90 Å². The minimum absolute atomic E-state index is 0.841. The molecule has 0 radical (unpaired) electrons. The molecule has 0 N–H and O–H groups in total. The molecule has 1 aliphatic heterocycles. The maximum atomic E-state index is 6.73. The standard InChI is InChI=1S/C32H26NO2P/c1-23-13-19-29-31(21-23)36(32-22-24(2)14-20-30(32)34-29)35-28-17-15-27(16-18-28)33(25-9-5-3-6-10-25)26-11-7-4-8-12-26/h3-22H,1-2H3. The molecular formula is C32H26NO2P. The van der Waals surface area contributed by atoms with Crippen LogP contribution in [-0.2, 0) is 0 Å². The Labute approximate surface area is 213 Å². The van der Waals surface area contributed by atoms with Crippen LogP contribution in [0.4, 0.5) is 17.1 Å². The number of para-hydroxylation sites is 2. The summed E-state index contributed by atoms with van der Waals surface area (Å²) in [6, 6.07) is 41.9. The number of rotatable bonds is 5. The van der Waals surface area contributed by atoms with Crippen LogP contribution in [0.2, 0.25) is 0 Å². The van der Waals surface area contributed by atoms with Crippen LogP contribution in [0.5, 0.6) is 17.2 Å². The summed E-state index contributed by atoms with van der Waals surface area (Å²) >= 11 is 0. The average molecular weight is 488 g/mol. The molecule has 0 amide bonds. The minimum atomic E-state index is -1.06. The largest absolute Gasteiger partial charge is 0.464 e. The molecule has 1 aliphatic rings. The minimum Gasteiger partial charge on any atom is -0.464 e. The van der Waals surface area contributed by atoms with Crippen molar-refractivity contribution in [1.82, 2.24) is 0 Å². The SMILES string of the molecule is Cc1ccc2c(c1)P(Oc1ccc(N(c3ccccc3)c3ccccc3)cc1)c1cc(C)ccc1O2. The van der Waals surface area contributed by atoms with E-state index >= 15 is 0 Å². The number of fused-ring (bicyclic) bond motifs is 2. The van der Waals surface area contributed by atoms with E-state index in [1.54, 1.807) is 0 Å². The summed E-state index contributed by atoms with van der Waals surface area (Å²) in [5, 5.41) is 2.23. The van der Waals surface area contributed by atoms with Gasteiger partial charge < -0.3 is 14.2 Å². The first-order valence-electron chi connectivity index (χ1n) is 12.0. The summed E-state index contributed by atoms with van der Waals surface area (Å²) in [6.45, 7) is 4.21. The lowest BCUT2D eigenvalue weighted by molar-refractivity contribution is 0.485. The van der Waals surface area contributed by atoms with Crippen LogP contribution >= 0.6 is 8.15 Å². The molecule has 5 aromatic carbocycles. The van der Waals surface area contributed by atoms with Gasteiger partial charge in [0.05, 0.1) is 10.6 Å². The average Bonchev–Trinajstić information content (AvgIpc) is 2.91. The lowest BCUT2D eigenvalue weighted by Crippen LogP contribution is -2.24. The van der Waals surface area contributed by atoms with E-state index in [4.69, 9.17) is 9.26 Å². The topological polar surface area (TPSA) is 21.7 Å². The molecule has 0 atom stereocenters. The summed E-state index contributed by atoms with van der Waals surface area (Å²) in [7, 11) is -1.06. The Balaban J connectivity index is 1.36. The molecule has 0 spiro atoms. The maximum absolute atomic E-state index is 6.73. The van der Waals surface area contributed by atoms with Gasteiger partial charge in [0.15, 0.2) is 8.15 Å². The zero-order valence-corrected chi connectivity index (χ0v) is 21.2. The number of hydrogen-bond acceptors (Lipinski definition) is 3. The van der Waals surface area contributed by atoms with Crippen LogP contribution in [0.1, 0.15) is 11.1 Å². The van der Waals surface area contributed by atoms with Crippen LogP contribution in [0.25, 0.3) is 0 Å². The van der Waals surface area contributed by atoms with Gasteiger partial charge in [-0.2, -0.15) is 0 Å². The van der Waals surface area contributed by atoms with Crippen molar-refractivity contribution in [3.8, 4) is 17.2 Å². The van der Waals surface area contributed by atoms with Gasteiger partial charge in [-0.15, -0.1) is 0 Å². The van der Waals surface area contributed by atoms with Crippen LogP contribution in [-0.4, -0.2) is 0 Å². The molecule has 3 nitrogen and oxygen atoms in total. The first-order valence-corrected chi connectivity index (χ1v) is 13.3. The van der Waals surface area contributed by atoms with Crippen LogP contribution in [0, 0.1) is 13.8 Å². The molecule has 5 aromatic rings. The second kappa shape index (κ2) is 9.53. The van der Waals surface area contributed by atoms with E-state index in [0.29, 0.717) is 0 Å². The van der Waals surface area contributed by atoms with Crippen LogP contribution < -0.4 is 24.8 Å². The summed E-state index contributed by atoms with van der Waals surface area (Å²) < 4.78 is 13.0. The van der Waals surface area contributed by atoms with E-state index in [1.165, 1.54) is 11.1 Å². The van der Waals surface area contributed by atoms with Gasteiger partial charge in [-0.25, -0.2) is 0 Å². The molecule has 0 unspecified atom stereocenters. The molecular weight excluding hydrogens is 461 g/mol. The maximum Gasteiger partial charge on any atom is 0.158 e. The third kappa shape index (κ3) is 4.34. The fraction of sp³-hybridized carbons (Fsp3) is 0.0625. The molecule has 0 saturated carbocycles. The highest BCUT2D eigenvalue weighted by molar-refractivity contribution is 7.69. The quantitative estimate of drug-likeness (QED) is 0.233. The van der Waals surface area contributed by atoms with E-state index in [1.807, 2.05) is 24.3 Å². The van der Waals surface area contributed by atoms with Crippen molar-refractivity contribution in [3.05, 3.63) is 132 Å². The van der Waals surface area contributed by atoms with Crippen molar-refractivity contribution >= 4 is 35.8 Å². The summed E-state index contributed by atoms with van der Waals surface area (Å²) in [5.74, 6) is 2.59. The molecule has 0 aliphatic carbocycles. The van der Waals surface area contributed by atoms with Gasteiger partial charge in [0.2, 0.25) is 0 Å². The van der Waals surface area contributed by atoms with E-state index in [0.717, 1.165) is 44.9 Å². The van der Waals surface area contributed by atoms with Gasteiger partial charge >= 0.3 is 0 Å². The normalized spacial score (nSPS) is 12.3. The van der Waals surface area contributed by atoms with Gasteiger partial charge in [-0.05, 0) is 86.6 Å². The molecule has 0 bridgehead atoms. The Morgan fingerprint density at radius 2 is 1.03 bits per heavy atom. The molecule has 1 heterocycles.